The Bertz CT molecular complexity index is 772. The number of benzene rings is 1. The zero-order valence-electron chi connectivity index (χ0n) is 12.6. The summed E-state index contributed by atoms with van der Waals surface area (Å²) in [6.45, 7) is 2.02. The Morgan fingerprint density at radius 3 is 2.70 bits per heavy atom. The standard InChI is InChI=1S/C16H16N6O/c1-2-13-9-6-10-14(18-13)19-16(23)15(22-11-17-20-21-22)12-7-4-3-5-8-12/h3-11,15H,2H2,1H3,(H,18,19,23). The Kier molecular flexibility index (Phi) is 4.37. The number of nitrogens with one attached hydrogen (secondary N) is 1. The van der Waals surface area contributed by atoms with Crippen LogP contribution in [-0.4, -0.2) is 31.1 Å². The molecule has 0 spiro atoms. The summed E-state index contributed by atoms with van der Waals surface area (Å²) in [5.74, 6) is 0.271. The van der Waals surface area contributed by atoms with Crippen molar-refractivity contribution in [3.05, 3.63) is 66.1 Å². The number of aryl methyl sites for hydroxylation is 1. The molecule has 0 aliphatic heterocycles. The lowest BCUT2D eigenvalue weighted by atomic mass is 10.1. The van der Waals surface area contributed by atoms with Gasteiger partial charge in [0.2, 0.25) is 0 Å². The van der Waals surface area contributed by atoms with Gasteiger partial charge in [-0.3, -0.25) is 4.79 Å². The van der Waals surface area contributed by atoms with Crippen molar-refractivity contribution in [3.63, 3.8) is 0 Å². The molecule has 1 atom stereocenters. The van der Waals surface area contributed by atoms with Crippen LogP contribution in [0, 0.1) is 0 Å². The Labute approximate surface area is 133 Å². The number of rotatable bonds is 5. The Balaban J connectivity index is 1.89. The lowest BCUT2D eigenvalue weighted by molar-refractivity contribution is -0.118. The summed E-state index contributed by atoms with van der Waals surface area (Å²) in [6, 6.07) is 14.3. The molecule has 0 aliphatic rings. The molecule has 7 nitrogen and oxygen atoms in total. The third-order valence-electron chi connectivity index (χ3n) is 3.41. The van der Waals surface area contributed by atoms with E-state index in [-0.39, 0.29) is 5.91 Å². The molecule has 0 saturated heterocycles. The van der Waals surface area contributed by atoms with Gasteiger partial charge >= 0.3 is 0 Å². The average Bonchev–Trinajstić information content (AvgIpc) is 3.10. The largest absolute Gasteiger partial charge is 0.309 e. The molecule has 0 radical (unpaired) electrons. The van der Waals surface area contributed by atoms with Gasteiger partial charge in [-0.1, -0.05) is 43.3 Å². The molecule has 23 heavy (non-hydrogen) atoms. The molecule has 1 N–H and O–H groups in total. The Hall–Kier alpha value is -3.09. The summed E-state index contributed by atoms with van der Waals surface area (Å²) in [7, 11) is 0. The van der Waals surface area contributed by atoms with Gasteiger partial charge in [-0.05, 0) is 34.5 Å². The van der Waals surface area contributed by atoms with Gasteiger partial charge in [0.25, 0.3) is 5.91 Å². The van der Waals surface area contributed by atoms with E-state index < -0.39 is 6.04 Å². The fourth-order valence-corrected chi connectivity index (χ4v) is 2.29. The molecule has 0 saturated carbocycles. The summed E-state index contributed by atoms with van der Waals surface area (Å²) in [5.41, 5.74) is 1.71. The molecular weight excluding hydrogens is 292 g/mol. The van der Waals surface area contributed by atoms with E-state index in [0.717, 1.165) is 17.7 Å². The first-order valence-corrected chi connectivity index (χ1v) is 7.32. The smallest absolute Gasteiger partial charge is 0.255 e. The van der Waals surface area contributed by atoms with Crippen LogP contribution in [-0.2, 0) is 11.2 Å². The molecule has 116 valence electrons. The zero-order valence-corrected chi connectivity index (χ0v) is 12.6. The van der Waals surface area contributed by atoms with Crippen molar-refractivity contribution in [2.24, 2.45) is 0 Å². The molecule has 1 amide bonds. The van der Waals surface area contributed by atoms with Crippen molar-refractivity contribution >= 4 is 11.7 Å². The van der Waals surface area contributed by atoms with E-state index in [1.807, 2.05) is 49.4 Å². The fourth-order valence-electron chi connectivity index (χ4n) is 2.29. The Morgan fingerprint density at radius 1 is 1.17 bits per heavy atom. The number of aromatic nitrogens is 5. The van der Waals surface area contributed by atoms with Crippen LogP contribution in [0.2, 0.25) is 0 Å². The quantitative estimate of drug-likeness (QED) is 0.777. The van der Waals surface area contributed by atoms with E-state index >= 15 is 0 Å². The topological polar surface area (TPSA) is 85.6 Å². The molecule has 0 aliphatic carbocycles. The van der Waals surface area contributed by atoms with Gasteiger partial charge in [0.15, 0.2) is 6.04 Å². The monoisotopic (exact) mass is 308 g/mol. The Morgan fingerprint density at radius 2 is 2.00 bits per heavy atom. The van der Waals surface area contributed by atoms with Crippen LogP contribution in [0.4, 0.5) is 5.82 Å². The van der Waals surface area contributed by atoms with Gasteiger partial charge in [-0.2, -0.15) is 0 Å². The minimum Gasteiger partial charge on any atom is -0.309 e. The van der Waals surface area contributed by atoms with E-state index in [4.69, 9.17) is 0 Å². The first-order chi connectivity index (χ1) is 11.3. The second kappa shape index (κ2) is 6.78. The first-order valence-electron chi connectivity index (χ1n) is 7.32. The number of carbonyl (C=O) groups is 1. The van der Waals surface area contributed by atoms with Crippen LogP contribution in [0.15, 0.2) is 54.9 Å². The van der Waals surface area contributed by atoms with Crippen molar-refractivity contribution in [1.82, 2.24) is 25.2 Å². The lowest BCUT2D eigenvalue weighted by Crippen LogP contribution is -2.28. The molecular formula is C16H16N6O. The molecule has 0 fully saturated rings. The van der Waals surface area contributed by atoms with Crippen LogP contribution in [0.5, 0.6) is 0 Å². The predicted octanol–water partition coefficient (Wildman–Crippen LogP) is 1.86. The molecule has 0 bridgehead atoms. The molecule has 1 unspecified atom stereocenters. The molecule has 2 heterocycles. The number of carbonyl (C=O) groups excluding carboxylic acids is 1. The number of hydrogen-bond acceptors (Lipinski definition) is 5. The van der Waals surface area contributed by atoms with Gasteiger partial charge in [-0.15, -0.1) is 5.10 Å². The summed E-state index contributed by atoms with van der Waals surface area (Å²) >= 11 is 0. The van der Waals surface area contributed by atoms with Crippen molar-refractivity contribution in [3.8, 4) is 0 Å². The maximum atomic E-state index is 12.7. The molecule has 7 heteroatoms. The van der Waals surface area contributed by atoms with Crippen LogP contribution in [0.25, 0.3) is 0 Å². The highest BCUT2D eigenvalue weighted by Crippen LogP contribution is 2.19. The second-order valence-electron chi connectivity index (χ2n) is 4.96. The summed E-state index contributed by atoms with van der Waals surface area (Å²) in [5, 5.41) is 13.9. The van der Waals surface area contributed by atoms with Crippen molar-refractivity contribution in [2.75, 3.05) is 5.32 Å². The SMILES string of the molecule is CCc1cccc(NC(=O)C(c2ccccc2)n2cnnn2)n1. The highest BCUT2D eigenvalue weighted by Gasteiger charge is 2.24. The highest BCUT2D eigenvalue weighted by atomic mass is 16.2. The fraction of sp³-hybridized carbons (Fsp3) is 0.188. The van der Waals surface area contributed by atoms with E-state index in [2.05, 4.69) is 25.8 Å². The van der Waals surface area contributed by atoms with Crippen molar-refractivity contribution < 1.29 is 4.79 Å². The highest BCUT2D eigenvalue weighted by molar-refractivity contribution is 5.94. The number of tetrazole rings is 1. The number of anilines is 1. The van der Waals surface area contributed by atoms with Gasteiger partial charge in [-0.25, -0.2) is 9.67 Å². The first kappa shape index (κ1) is 14.8. The van der Waals surface area contributed by atoms with Crippen LogP contribution in [0.1, 0.15) is 24.2 Å². The molecule has 1 aromatic carbocycles. The third-order valence-corrected chi connectivity index (χ3v) is 3.41. The van der Waals surface area contributed by atoms with Gasteiger partial charge in [0.05, 0.1) is 0 Å². The number of amides is 1. The van der Waals surface area contributed by atoms with Crippen LogP contribution >= 0.6 is 0 Å². The molecule has 2 aromatic heterocycles. The number of nitrogens with zero attached hydrogens (tertiary/aromatic N) is 5. The van der Waals surface area contributed by atoms with Crippen molar-refractivity contribution in [2.45, 2.75) is 19.4 Å². The minimum atomic E-state index is -0.654. The van der Waals surface area contributed by atoms with Crippen LogP contribution in [0.3, 0.4) is 0 Å². The predicted molar refractivity (Wildman–Crippen MR) is 84.6 cm³/mol. The maximum absolute atomic E-state index is 12.7. The average molecular weight is 308 g/mol. The zero-order chi connectivity index (χ0) is 16.1. The molecule has 3 aromatic rings. The van der Waals surface area contributed by atoms with Gasteiger partial charge in [0, 0.05) is 5.69 Å². The van der Waals surface area contributed by atoms with E-state index in [0.29, 0.717) is 5.82 Å². The van der Waals surface area contributed by atoms with E-state index in [1.165, 1.54) is 11.0 Å². The summed E-state index contributed by atoms with van der Waals surface area (Å²) in [6.07, 6.45) is 2.23. The minimum absolute atomic E-state index is 0.246. The van der Waals surface area contributed by atoms with E-state index in [9.17, 15) is 4.79 Å². The third kappa shape index (κ3) is 3.39. The number of hydrogen-bond donors (Lipinski definition) is 1. The lowest BCUT2D eigenvalue weighted by Gasteiger charge is -2.16. The number of pyridine rings is 1. The molecule has 3 rings (SSSR count). The van der Waals surface area contributed by atoms with Crippen LogP contribution < -0.4 is 5.32 Å². The second-order valence-corrected chi connectivity index (χ2v) is 4.96. The summed E-state index contributed by atoms with van der Waals surface area (Å²) < 4.78 is 1.42. The van der Waals surface area contributed by atoms with E-state index in [1.54, 1.807) is 6.07 Å². The maximum Gasteiger partial charge on any atom is 0.255 e. The normalized spacial score (nSPS) is 11.9. The van der Waals surface area contributed by atoms with Gasteiger partial charge < -0.3 is 5.32 Å². The van der Waals surface area contributed by atoms with Gasteiger partial charge in [0.1, 0.15) is 12.1 Å². The summed E-state index contributed by atoms with van der Waals surface area (Å²) in [4.78, 5) is 17.1. The van der Waals surface area contributed by atoms with Crippen molar-refractivity contribution in [1.29, 1.82) is 0 Å².